The Morgan fingerprint density at radius 1 is 0.897 bits per heavy atom. The Morgan fingerprint density at radius 2 is 1.52 bits per heavy atom. The second kappa shape index (κ2) is 13.9. The second-order valence-electron chi connectivity index (χ2n) is 7.36. The third kappa shape index (κ3) is 10.8. The minimum atomic E-state index is -1.39. The number of hydrogen-bond donors (Lipinski definition) is 7. The zero-order chi connectivity index (χ0) is 22.6. The molecule has 0 spiro atoms. The minimum Gasteiger partial charge on any atom is -0.480 e. The number of aliphatic hydroxyl groups is 1. The first-order valence-corrected chi connectivity index (χ1v) is 9.74. The molecule has 168 valence electrons. The SMILES string of the molecule is CC(C)CC(NC(=O)CN)C(=O)NC(C(=O)NC(CCCCN)C(=O)O)C(C)O. The number of carboxylic acids is 1. The van der Waals surface area contributed by atoms with Gasteiger partial charge in [-0.05, 0) is 45.1 Å². The number of carboxylic acid groups (broad SMARTS) is 1. The molecule has 0 aliphatic rings. The predicted octanol–water partition coefficient (Wildman–Crippen LogP) is -1.96. The highest BCUT2D eigenvalue weighted by atomic mass is 16.4. The summed E-state index contributed by atoms with van der Waals surface area (Å²) in [6.07, 6.45) is 0.279. The lowest BCUT2D eigenvalue weighted by molar-refractivity contribution is -0.143. The molecule has 0 rings (SSSR count). The van der Waals surface area contributed by atoms with Crippen LogP contribution in [-0.4, -0.2) is 71.2 Å². The molecule has 0 saturated carbocycles. The Labute approximate surface area is 171 Å². The molecule has 3 amide bonds. The van der Waals surface area contributed by atoms with Crippen LogP contribution in [0.25, 0.3) is 0 Å². The van der Waals surface area contributed by atoms with Crippen molar-refractivity contribution in [1.82, 2.24) is 16.0 Å². The number of amides is 3. The van der Waals surface area contributed by atoms with Gasteiger partial charge in [0.1, 0.15) is 18.1 Å². The van der Waals surface area contributed by atoms with Crippen molar-refractivity contribution in [3.8, 4) is 0 Å². The molecule has 0 bridgehead atoms. The number of aliphatic hydroxyl groups excluding tert-OH is 1. The minimum absolute atomic E-state index is 0.0570. The summed E-state index contributed by atoms with van der Waals surface area (Å²) < 4.78 is 0. The fourth-order valence-electron chi connectivity index (χ4n) is 2.63. The summed E-state index contributed by atoms with van der Waals surface area (Å²) in [7, 11) is 0. The number of aliphatic carboxylic acids is 1. The average Bonchev–Trinajstić information content (AvgIpc) is 2.63. The van der Waals surface area contributed by atoms with Crippen molar-refractivity contribution in [2.45, 2.75) is 70.7 Å². The lowest BCUT2D eigenvalue weighted by Crippen LogP contribution is -2.59. The summed E-state index contributed by atoms with van der Waals surface area (Å²) in [5.41, 5.74) is 10.7. The molecular formula is C18H35N5O6. The van der Waals surface area contributed by atoms with Crippen LogP contribution in [0, 0.1) is 5.92 Å². The van der Waals surface area contributed by atoms with Gasteiger partial charge in [-0.2, -0.15) is 0 Å². The molecule has 29 heavy (non-hydrogen) atoms. The number of carbonyl (C=O) groups excluding carboxylic acids is 3. The number of nitrogens with one attached hydrogen (secondary N) is 3. The van der Waals surface area contributed by atoms with Gasteiger partial charge < -0.3 is 37.6 Å². The fourth-order valence-corrected chi connectivity index (χ4v) is 2.63. The zero-order valence-corrected chi connectivity index (χ0v) is 17.3. The van der Waals surface area contributed by atoms with Crippen LogP contribution in [0.15, 0.2) is 0 Å². The van der Waals surface area contributed by atoms with Crippen molar-refractivity contribution < 1.29 is 29.4 Å². The van der Waals surface area contributed by atoms with Gasteiger partial charge in [0.25, 0.3) is 0 Å². The van der Waals surface area contributed by atoms with Gasteiger partial charge >= 0.3 is 5.97 Å². The molecule has 0 aromatic heterocycles. The van der Waals surface area contributed by atoms with Crippen molar-refractivity contribution in [2.24, 2.45) is 17.4 Å². The van der Waals surface area contributed by atoms with Crippen molar-refractivity contribution in [3.63, 3.8) is 0 Å². The molecule has 0 saturated heterocycles. The molecule has 0 fully saturated rings. The van der Waals surface area contributed by atoms with Crippen LogP contribution in [-0.2, 0) is 19.2 Å². The summed E-state index contributed by atoms with van der Waals surface area (Å²) in [5.74, 6) is -3.20. The van der Waals surface area contributed by atoms with Crippen LogP contribution in [0.1, 0.15) is 46.5 Å². The number of carbonyl (C=O) groups is 4. The molecule has 0 heterocycles. The molecule has 11 nitrogen and oxygen atoms in total. The van der Waals surface area contributed by atoms with Crippen molar-refractivity contribution >= 4 is 23.7 Å². The maximum absolute atomic E-state index is 12.6. The van der Waals surface area contributed by atoms with E-state index in [1.54, 1.807) is 0 Å². The normalized spacial score (nSPS) is 15.1. The third-order valence-electron chi connectivity index (χ3n) is 4.17. The van der Waals surface area contributed by atoms with Gasteiger partial charge in [-0.1, -0.05) is 13.8 Å². The first-order valence-electron chi connectivity index (χ1n) is 9.74. The lowest BCUT2D eigenvalue weighted by atomic mass is 10.0. The van der Waals surface area contributed by atoms with E-state index in [-0.39, 0.29) is 18.9 Å². The first kappa shape index (κ1) is 26.8. The van der Waals surface area contributed by atoms with Crippen LogP contribution < -0.4 is 27.4 Å². The molecular weight excluding hydrogens is 382 g/mol. The van der Waals surface area contributed by atoms with Gasteiger partial charge in [0.15, 0.2) is 0 Å². The van der Waals surface area contributed by atoms with Crippen LogP contribution >= 0.6 is 0 Å². The van der Waals surface area contributed by atoms with Crippen LogP contribution in [0.4, 0.5) is 0 Å². The van der Waals surface area contributed by atoms with Gasteiger partial charge in [-0.3, -0.25) is 14.4 Å². The summed E-state index contributed by atoms with van der Waals surface area (Å²) in [6, 6.07) is -3.50. The van der Waals surface area contributed by atoms with Crippen molar-refractivity contribution in [2.75, 3.05) is 13.1 Å². The van der Waals surface area contributed by atoms with E-state index in [0.717, 1.165) is 0 Å². The van der Waals surface area contributed by atoms with Gasteiger partial charge in [0.05, 0.1) is 12.6 Å². The molecule has 0 aromatic carbocycles. The molecule has 0 aliphatic heterocycles. The van der Waals surface area contributed by atoms with E-state index in [2.05, 4.69) is 16.0 Å². The topological polar surface area (TPSA) is 197 Å². The van der Waals surface area contributed by atoms with Gasteiger partial charge in [0.2, 0.25) is 17.7 Å². The average molecular weight is 418 g/mol. The smallest absolute Gasteiger partial charge is 0.326 e. The van der Waals surface area contributed by atoms with E-state index in [9.17, 15) is 29.4 Å². The molecule has 0 aliphatic carbocycles. The predicted molar refractivity (Wildman–Crippen MR) is 107 cm³/mol. The fraction of sp³-hybridized carbons (Fsp3) is 0.778. The molecule has 4 unspecified atom stereocenters. The monoisotopic (exact) mass is 417 g/mol. The Kier molecular flexibility index (Phi) is 12.8. The van der Waals surface area contributed by atoms with Crippen molar-refractivity contribution in [1.29, 1.82) is 0 Å². The molecule has 9 N–H and O–H groups in total. The van der Waals surface area contributed by atoms with Gasteiger partial charge in [0, 0.05) is 0 Å². The number of nitrogens with two attached hydrogens (primary N) is 2. The van der Waals surface area contributed by atoms with Crippen LogP contribution in [0.5, 0.6) is 0 Å². The Balaban J connectivity index is 5.20. The van der Waals surface area contributed by atoms with E-state index in [1.807, 2.05) is 13.8 Å². The summed E-state index contributed by atoms with van der Waals surface area (Å²) >= 11 is 0. The number of rotatable bonds is 14. The van der Waals surface area contributed by atoms with E-state index in [4.69, 9.17) is 11.5 Å². The molecule has 0 aromatic rings. The quantitative estimate of drug-likeness (QED) is 0.158. The van der Waals surface area contributed by atoms with Gasteiger partial charge in [-0.25, -0.2) is 4.79 Å². The highest BCUT2D eigenvalue weighted by Gasteiger charge is 2.32. The Bertz CT molecular complexity index is 555. The van der Waals surface area contributed by atoms with Gasteiger partial charge in [-0.15, -0.1) is 0 Å². The molecule has 0 radical (unpaired) electrons. The third-order valence-corrected chi connectivity index (χ3v) is 4.17. The summed E-state index contributed by atoms with van der Waals surface area (Å²) in [5, 5.41) is 26.4. The highest BCUT2D eigenvalue weighted by Crippen LogP contribution is 2.07. The summed E-state index contributed by atoms with van der Waals surface area (Å²) in [6.45, 7) is 5.10. The highest BCUT2D eigenvalue weighted by molar-refractivity contribution is 5.93. The largest absolute Gasteiger partial charge is 0.480 e. The maximum atomic E-state index is 12.6. The second-order valence-corrected chi connectivity index (χ2v) is 7.36. The lowest BCUT2D eigenvalue weighted by Gasteiger charge is -2.26. The molecule has 11 heteroatoms. The van der Waals surface area contributed by atoms with Crippen LogP contribution in [0.2, 0.25) is 0 Å². The van der Waals surface area contributed by atoms with E-state index in [1.165, 1.54) is 6.92 Å². The van der Waals surface area contributed by atoms with E-state index >= 15 is 0 Å². The van der Waals surface area contributed by atoms with Crippen molar-refractivity contribution in [3.05, 3.63) is 0 Å². The Morgan fingerprint density at radius 3 is 1.97 bits per heavy atom. The summed E-state index contributed by atoms with van der Waals surface area (Å²) in [4.78, 5) is 48.1. The molecule has 4 atom stereocenters. The first-order chi connectivity index (χ1) is 13.5. The van der Waals surface area contributed by atoms with E-state index in [0.29, 0.717) is 25.8 Å². The number of unbranched alkanes of at least 4 members (excludes halogenated alkanes) is 1. The Hall–Kier alpha value is -2.24. The van der Waals surface area contributed by atoms with E-state index < -0.39 is 47.9 Å². The zero-order valence-electron chi connectivity index (χ0n) is 17.3. The standard InChI is InChI=1S/C18H35N5O6/c1-10(2)8-13(21-14(25)9-20)16(26)23-15(11(3)24)17(27)22-12(18(28)29)6-4-5-7-19/h10-13,15,24H,4-9,19-20H2,1-3H3,(H,21,25)(H,22,27)(H,23,26)(H,28,29). The maximum Gasteiger partial charge on any atom is 0.326 e. The number of hydrogen-bond acceptors (Lipinski definition) is 7. The van der Waals surface area contributed by atoms with Crippen LogP contribution in [0.3, 0.4) is 0 Å².